The molecule has 0 saturated carbocycles. The van der Waals surface area contributed by atoms with Gasteiger partial charge in [-0.3, -0.25) is 10.1 Å². The number of aromatic nitrogens is 1. The molecule has 1 aliphatic heterocycles. The highest BCUT2D eigenvalue weighted by Gasteiger charge is 2.20. The summed E-state index contributed by atoms with van der Waals surface area (Å²) in [5.41, 5.74) is 4.43. The SMILES string of the molecule is O=C(Nc1nc2c(OCc3ccccc3)ccc(N3CCOCC3)c2s1)c1ccc(CCl)cc1. The van der Waals surface area contributed by atoms with Gasteiger partial charge in [-0.2, -0.15) is 0 Å². The van der Waals surface area contributed by atoms with Gasteiger partial charge in [-0.05, 0) is 35.4 Å². The second kappa shape index (κ2) is 10.4. The van der Waals surface area contributed by atoms with Crippen molar-refractivity contribution >= 4 is 49.9 Å². The molecule has 1 aliphatic rings. The Balaban J connectivity index is 1.45. The van der Waals surface area contributed by atoms with Crippen molar-refractivity contribution in [3.05, 3.63) is 83.4 Å². The van der Waals surface area contributed by atoms with E-state index >= 15 is 0 Å². The normalized spacial score (nSPS) is 13.7. The van der Waals surface area contributed by atoms with Gasteiger partial charge in [0.1, 0.15) is 17.9 Å². The summed E-state index contributed by atoms with van der Waals surface area (Å²) >= 11 is 7.32. The topological polar surface area (TPSA) is 63.7 Å². The van der Waals surface area contributed by atoms with E-state index in [1.54, 1.807) is 12.1 Å². The highest BCUT2D eigenvalue weighted by atomic mass is 35.5. The Hall–Kier alpha value is -3.13. The van der Waals surface area contributed by atoms with Crippen LogP contribution >= 0.6 is 22.9 Å². The van der Waals surface area contributed by atoms with Crippen LogP contribution < -0.4 is 15.0 Å². The number of anilines is 2. The fourth-order valence-corrected chi connectivity index (χ4v) is 5.04. The number of halogens is 1. The van der Waals surface area contributed by atoms with E-state index in [0.717, 1.165) is 40.1 Å². The van der Waals surface area contributed by atoms with Gasteiger partial charge >= 0.3 is 0 Å². The van der Waals surface area contributed by atoms with Crippen LogP contribution in [0.2, 0.25) is 0 Å². The minimum atomic E-state index is -0.208. The first kappa shape index (κ1) is 22.7. The minimum absolute atomic E-state index is 0.208. The number of nitrogens with one attached hydrogen (secondary N) is 1. The maximum Gasteiger partial charge on any atom is 0.257 e. The molecule has 2 heterocycles. The molecule has 1 aromatic heterocycles. The summed E-state index contributed by atoms with van der Waals surface area (Å²) in [6.45, 7) is 3.44. The van der Waals surface area contributed by atoms with E-state index < -0.39 is 0 Å². The number of rotatable bonds is 7. The molecule has 1 N–H and O–H groups in total. The molecule has 1 saturated heterocycles. The number of benzene rings is 3. The number of carbonyl (C=O) groups is 1. The molecule has 0 atom stereocenters. The summed E-state index contributed by atoms with van der Waals surface area (Å²) in [5, 5.41) is 3.49. The molecule has 0 spiro atoms. The van der Waals surface area contributed by atoms with Gasteiger partial charge in [-0.15, -0.1) is 11.6 Å². The van der Waals surface area contributed by atoms with Crippen LogP contribution in [-0.4, -0.2) is 37.2 Å². The van der Waals surface area contributed by atoms with Crippen molar-refractivity contribution in [3.63, 3.8) is 0 Å². The predicted octanol–water partition coefficient (Wildman–Crippen LogP) is 5.70. The molecule has 1 amide bonds. The van der Waals surface area contributed by atoms with Crippen molar-refractivity contribution in [2.75, 3.05) is 36.5 Å². The second-order valence-corrected chi connectivity index (χ2v) is 9.20. The van der Waals surface area contributed by atoms with E-state index in [2.05, 4.69) is 16.3 Å². The molecule has 0 aliphatic carbocycles. The molecule has 0 radical (unpaired) electrons. The lowest BCUT2D eigenvalue weighted by atomic mass is 10.1. The highest BCUT2D eigenvalue weighted by molar-refractivity contribution is 7.23. The van der Waals surface area contributed by atoms with Crippen LogP contribution in [0.15, 0.2) is 66.7 Å². The van der Waals surface area contributed by atoms with Crippen LogP contribution in [0.3, 0.4) is 0 Å². The lowest BCUT2D eigenvalue weighted by molar-refractivity contribution is 0.102. The number of fused-ring (bicyclic) bond motifs is 1. The van der Waals surface area contributed by atoms with E-state index in [9.17, 15) is 4.79 Å². The van der Waals surface area contributed by atoms with Crippen LogP contribution in [0.25, 0.3) is 10.2 Å². The van der Waals surface area contributed by atoms with Gasteiger partial charge < -0.3 is 14.4 Å². The van der Waals surface area contributed by atoms with E-state index in [-0.39, 0.29) is 5.91 Å². The summed E-state index contributed by atoms with van der Waals surface area (Å²) in [6, 6.07) is 21.3. The van der Waals surface area contributed by atoms with Gasteiger partial charge in [0.05, 0.1) is 23.6 Å². The number of nitrogens with zero attached hydrogens (tertiary/aromatic N) is 2. The summed E-state index contributed by atoms with van der Waals surface area (Å²) in [7, 11) is 0. The molecule has 6 nitrogen and oxygen atoms in total. The number of ether oxygens (including phenoxy) is 2. The average molecular weight is 494 g/mol. The van der Waals surface area contributed by atoms with Crippen LogP contribution in [0, 0.1) is 0 Å². The lowest BCUT2D eigenvalue weighted by Crippen LogP contribution is -2.36. The fourth-order valence-electron chi connectivity index (χ4n) is 3.84. The molecule has 4 aromatic rings. The molecule has 3 aromatic carbocycles. The van der Waals surface area contributed by atoms with E-state index in [1.807, 2.05) is 48.5 Å². The van der Waals surface area contributed by atoms with Gasteiger partial charge in [0.25, 0.3) is 5.91 Å². The summed E-state index contributed by atoms with van der Waals surface area (Å²) in [5.74, 6) is 0.898. The van der Waals surface area contributed by atoms with Crippen molar-refractivity contribution in [1.82, 2.24) is 4.98 Å². The third-order valence-corrected chi connectivity index (χ3v) is 6.97. The van der Waals surface area contributed by atoms with Gasteiger partial charge in [0.15, 0.2) is 5.13 Å². The first-order chi connectivity index (χ1) is 16.7. The monoisotopic (exact) mass is 493 g/mol. The Morgan fingerprint density at radius 1 is 1.03 bits per heavy atom. The Labute approximate surface area is 207 Å². The molecular weight excluding hydrogens is 470 g/mol. The number of hydrogen-bond donors (Lipinski definition) is 1. The third-order valence-electron chi connectivity index (χ3n) is 5.67. The van der Waals surface area contributed by atoms with E-state index in [1.165, 1.54) is 11.3 Å². The Morgan fingerprint density at radius 2 is 1.79 bits per heavy atom. The zero-order chi connectivity index (χ0) is 23.3. The Kier molecular flexibility index (Phi) is 6.94. The maximum absolute atomic E-state index is 12.8. The summed E-state index contributed by atoms with van der Waals surface area (Å²) < 4.78 is 12.7. The quantitative estimate of drug-likeness (QED) is 0.334. The zero-order valence-corrected chi connectivity index (χ0v) is 20.1. The highest BCUT2D eigenvalue weighted by Crippen LogP contribution is 2.40. The van der Waals surface area contributed by atoms with Crippen LogP contribution in [0.5, 0.6) is 5.75 Å². The molecule has 0 bridgehead atoms. The standard InChI is InChI=1S/C26H24ClN3O3S/c27-16-18-6-8-20(9-7-18)25(31)29-26-28-23-22(33-17-19-4-2-1-3-5-19)11-10-21(24(23)34-26)30-12-14-32-15-13-30/h1-11H,12-17H2,(H,28,29,31). The number of amides is 1. The fraction of sp³-hybridized carbons (Fsp3) is 0.231. The molecule has 34 heavy (non-hydrogen) atoms. The number of alkyl halides is 1. The molecule has 8 heteroatoms. The minimum Gasteiger partial charge on any atom is -0.487 e. The average Bonchev–Trinajstić information content (AvgIpc) is 3.32. The molecular formula is C26H24ClN3O3S. The van der Waals surface area contributed by atoms with Crippen molar-refractivity contribution in [2.45, 2.75) is 12.5 Å². The van der Waals surface area contributed by atoms with Crippen molar-refractivity contribution in [3.8, 4) is 5.75 Å². The molecule has 0 unspecified atom stereocenters. The molecule has 5 rings (SSSR count). The zero-order valence-electron chi connectivity index (χ0n) is 18.5. The number of hydrogen-bond acceptors (Lipinski definition) is 6. The first-order valence-electron chi connectivity index (χ1n) is 11.1. The van der Waals surface area contributed by atoms with E-state index in [0.29, 0.717) is 42.1 Å². The van der Waals surface area contributed by atoms with Crippen molar-refractivity contribution in [1.29, 1.82) is 0 Å². The van der Waals surface area contributed by atoms with Crippen molar-refractivity contribution < 1.29 is 14.3 Å². The van der Waals surface area contributed by atoms with E-state index in [4.69, 9.17) is 26.1 Å². The van der Waals surface area contributed by atoms with Crippen LogP contribution in [0.4, 0.5) is 10.8 Å². The van der Waals surface area contributed by atoms with Crippen LogP contribution in [0.1, 0.15) is 21.5 Å². The molecule has 1 fully saturated rings. The van der Waals surface area contributed by atoms with Gasteiger partial charge in [-0.1, -0.05) is 53.8 Å². The largest absolute Gasteiger partial charge is 0.487 e. The van der Waals surface area contributed by atoms with Gasteiger partial charge in [0, 0.05) is 24.5 Å². The predicted molar refractivity (Wildman–Crippen MR) is 137 cm³/mol. The lowest BCUT2D eigenvalue weighted by Gasteiger charge is -2.29. The first-order valence-corrected chi connectivity index (χ1v) is 12.5. The van der Waals surface area contributed by atoms with Gasteiger partial charge in [-0.25, -0.2) is 4.98 Å². The molecule has 174 valence electrons. The Morgan fingerprint density at radius 3 is 2.53 bits per heavy atom. The van der Waals surface area contributed by atoms with Crippen LogP contribution in [-0.2, 0) is 17.2 Å². The third kappa shape index (κ3) is 5.01. The summed E-state index contributed by atoms with van der Waals surface area (Å²) in [4.78, 5) is 19.9. The van der Waals surface area contributed by atoms with Crippen molar-refractivity contribution in [2.24, 2.45) is 0 Å². The number of thiazole rings is 1. The second-order valence-electron chi connectivity index (χ2n) is 7.94. The smallest absolute Gasteiger partial charge is 0.257 e. The number of morpholine rings is 1. The number of carbonyl (C=O) groups excluding carboxylic acids is 1. The Bertz CT molecular complexity index is 1270. The maximum atomic E-state index is 12.8. The summed E-state index contributed by atoms with van der Waals surface area (Å²) in [6.07, 6.45) is 0. The van der Waals surface area contributed by atoms with Gasteiger partial charge in [0.2, 0.25) is 0 Å².